The van der Waals surface area contributed by atoms with Crippen LogP contribution in [-0.4, -0.2) is 23.1 Å². The van der Waals surface area contributed by atoms with Crippen molar-refractivity contribution in [3.05, 3.63) is 24.3 Å². The third-order valence-corrected chi connectivity index (χ3v) is 7.68. The molecule has 1 unspecified atom stereocenters. The maximum atomic E-state index is 12.4. The van der Waals surface area contributed by atoms with Gasteiger partial charge in [-0.1, -0.05) is 134 Å². The molecule has 4 nitrogen and oxygen atoms in total. The second kappa shape index (κ2) is 31.9. The van der Waals surface area contributed by atoms with E-state index in [0.29, 0.717) is 19.3 Å². The van der Waals surface area contributed by atoms with Crippen LogP contribution in [0.5, 0.6) is 0 Å². The summed E-state index contributed by atoms with van der Waals surface area (Å²) in [6.07, 6.45) is 39.0. The van der Waals surface area contributed by atoms with Crippen LogP contribution in [0.15, 0.2) is 24.3 Å². The van der Waals surface area contributed by atoms with Crippen LogP contribution in [0.3, 0.4) is 0 Å². The van der Waals surface area contributed by atoms with E-state index in [4.69, 9.17) is 9.84 Å². The molecule has 1 atom stereocenters. The predicted octanol–water partition coefficient (Wildman–Crippen LogP) is 11.7. The predicted molar refractivity (Wildman–Crippen MR) is 172 cm³/mol. The molecule has 0 amide bonds. The Hall–Kier alpha value is -1.58. The van der Waals surface area contributed by atoms with Crippen LogP contribution in [0, 0.1) is 0 Å². The minimum absolute atomic E-state index is 0.0983. The van der Waals surface area contributed by atoms with Gasteiger partial charge in [0, 0.05) is 12.8 Å². The Kier molecular flexibility index (Phi) is 30.7. The van der Waals surface area contributed by atoms with E-state index in [1.54, 1.807) is 0 Å². The van der Waals surface area contributed by atoms with Crippen LogP contribution in [-0.2, 0) is 14.3 Å². The molecule has 0 spiro atoms. The zero-order valence-electron chi connectivity index (χ0n) is 26.7. The molecule has 1 N–H and O–H groups in total. The van der Waals surface area contributed by atoms with Crippen LogP contribution in [0.4, 0.5) is 0 Å². The fraction of sp³-hybridized carbons (Fsp3) is 0.833. The second-order valence-electron chi connectivity index (χ2n) is 11.7. The third-order valence-electron chi connectivity index (χ3n) is 7.68. The molecule has 0 aliphatic rings. The highest BCUT2D eigenvalue weighted by Crippen LogP contribution is 2.18. The van der Waals surface area contributed by atoms with Gasteiger partial charge < -0.3 is 9.84 Å². The fourth-order valence-electron chi connectivity index (χ4n) is 5.10. The molecule has 0 radical (unpaired) electrons. The van der Waals surface area contributed by atoms with Crippen molar-refractivity contribution >= 4 is 11.9 Å². The van der Waals surface area contributed by atoms with E-state index < -0.39 is 5.97 Å². The molecule has 0 fully saturated rings. The van der Waals surface area contributed by atoms with E-state index in [2.05, 4.69) is 38.2 Å². The van der Waals surface area contributed by atoms with E-state index in [0.717, 1.165) is 32.1 Å². The molecule has 0 aromatic rings. The Morgan fingerprint density at radius 2 is 1.00 bits per heavy atom. The number of hydrogen-bond donors (Lipinski definition) is 1. The largest absolute Gasteiger partial charge is 0.481 e. The molecule has 40 heavy (non-hydrogen) atoms. The Morgan fingerprint density at radius 3 is 1.57 bits per heavy atom. The average molecular weight is 563 g/mol. The number of esters is 1. The second-order valence-corrected chi connectivity index (χ2v) is 11.7. The van der Waals surface area contributed by atoms with Crippen molar-refractivity contribution in [2.24, 2.45) is 0 Å². The molecule has 0 saturated heterocycles. The Labute approximate surface area is 248 Å². The SMILES string of the molecule is CCCCC/C=C\C/C=C\CCCCCCCCCC(=O)OC(CCCCCCCCCCC)CCCC(=O)O. The number of carbonyl (C=O) groups excluding carboxylic acids is 1. The normalized spacial score (nSPS) is 12.4. The van der Waals surface area contributed by atoms with Gasteiger partial charge in [0.15, 0.2) is 0 Å². The summed E-state index contributed by atoms with van der Waals surface area (Å²) in [4.78, 5) is 23.3. The first-order chi connectivity index (χ1) is 19.6. The number of aliphatic carboxylic acids is 1. The van der Waals surface area contributed by atoms with Gasteiger partial charge in [-0.15, -0.1) is 0 Å². The lowest BCUT2D eigenvalue weighted by atomic mass is 10.0. The third kappa shape index (κ3) is 31.0. The average Bonchev–Trinajstić information content (AvgIpc) is 2.93. The van der Waals surface area contributed by atoms with Crippen LogP contribution < -0.4 is 0 Å². The van der Waals surface area contributed by atoms with E-state index in [9.17, 15) is 9.59 Å². The Bertz CT molecular complexity index is 610. The molecule has 0 rings (SSSR count). The lowest BCUT2D eigenvalue weighted by Crippen LogP contribution is -2.18. The molecule has 4 heteroatoms. The van der Waals surface area contributed by atoms with Gasteiger partial charge in [-0.25, -0.2) is 0 Å². The van der Waals surface area contributed by atoms with Gasteiger partial charge in [0.1, 0.15) is 6.10 Å². The number of allylic oxidation sites excluding steroid dienone is 4. The number of carboxylic acid groups (broad SMARTS) is 1. The lowest BCUT2D eigenvalue weighted by Gasteiger charge is -2.18. The number of hydrogen-bond acceptors (Lipinski definition) is 3. The molecule has 0 saturated carbocycles. The minimum Gasteiger partial charge on any atom is -0.481 e. The van der Waals surface area contributed by atoms with Gasteiger partial charge in [-0.05, 0) is 64.2 Å². The van der Waals surface area contributed by atoms with E-state index >= 15 is 0 Å². The van der Waals surface area contributed by atoms with Crippen molar-refractivity contribution in [2.45, 2.75) is 193 Å². The van der Waals surface area contributed by atoms with Gasteiger partial charge in [-0.3, -0.25) is 9.59 Å². The van der Waals surface area contributed by atoms with Gasteiger partial charge in [0.05, 0.1) is 0 Å². The molecule has 0 aromatic carbocycles. The number of rotatable bonds is 31. The molecule has 0 bridgehead atoms. The van der Waals surface area contributed by atoms with E-state index in [1.807, 2.05) is 0 Å². The summed E-state index contributed by atoms with van der Waals surface area (Å²) in [5.41, 5.74) is 0. The molecular weight excluding hydrogens is 496 g/mol. The van der Waals surface area contributed by atoms with Crippen LogP contribution in [0.2, 0.25) is 0 Å². The summed E-state index contributed by atoms with van der Waals surface area (Å²) < 4.78 is 5.79. The summed E-state index contributed by atoms with van der Waals surface area (Å²) in [6, 6.07) is 0. The Balaban J connectivity index is 3.81. The molecule has 0 aliphatic heterocycles. The zero-order valence-corrected chi connectivity index (χ0v) is 26.7. The molecule has 0 aromatic heterocycles. The monoisotopic (exact) mass is 562 g/mol. The quantitative estimate of drug-likeness (QED) is 0.0518. The summed E-state index contributed by atoms with van der Waals surface area (Å²) in [7, 11) is 0. The van der Waals surface area contributed by atoms with E-state index in [1.165, 1.54) is 116 Å². The smallest absolute Gasteiger partial charge is 0.306 e. The summed E-state index contributed by atoms with van der Waals surface area (Å²) in [5, 5.41) is 8.96. The van der Waals surface area contributed by atoms with Crippen LogP contribution >= 0.6 is 0 Å². The minimum atomic E-state index is -0.773. The number of unbranched alkanes of at least 4 members (excludes halogenated alkanes) is 18. The summed E-state index contributed by atoms with van der Waals surface area (Å²) >= 11 is 0. The summed E-state index contributed by atoms with van der Waals surface area (Å²) in [6.45, 7) is 4.49. The summed E-state index contributed by atoms with van der Waals surface area (Å²) in [5.74, 6) is -0.871. The Morgan fingerprint density at radius 1 is 0.550 bits per heavy atom. The highest BCUT2D eigenvalue weighted by atomic mass is 16.5. The first kappa shape index (κ1) is 38.4. The fourth-order valence-corrected chi connectivity index (χ4v) is 5.10. The van der Waals surface area contributed by atoms with E-state index in [-0.39, 0.29) is 18.5 Å². The first-order valence-corrected chi connectivity index (χ1v) is 17.3. The maximum Gasteiger partial charge on any atom is 0.306 e. The van der Waals surface area contributed by atoms with Crippen molar-refractivity contribution in [1.29, 1.82) is 0 Å². The topological polar surface area (TPSA) is 63.6 Å². The van der Waals surface area contributed by atoms with Gasteiger partial charge in [0.2, 0.25) is 0 Å². The number of ether oxygens (including phenoxy) is 1. The van der Waals surface area contributed by atoms with Gasteiger partial charge in [0.25, 0.3) is 0 Å². The van der Waals surface area contributed by atoms with Crippen LogP contribution in [0.1, 0.15) is 187 Å². The highest BCUT2D eigenvalue weighted by Gasteiger charge is 2.15. The van der Waals surface area contributed by atoms with Crippen LogP contribution in [0.25, 0.3) is 0 Å². The molecule has 0 heterocycles. The van der Waals surface area contributed by atoms with Gasteiger partial charge >= 0.3 is 11.9 Å². The molecule has 234 valence electrons. The van der Waals surface area contributed by atoms with Crippen molar-refractivity contribution in [1.82, 2.24) is 0 Å². The number of carbonyl (C=O) groups is 2. The van der Waals surface area contributed by atoms with Gasteiger partial charge in [-0.2, -0.15) is 0 Å². The first-order valence-electron chi connectivity index (χ1n) is 17.3. The van der Waals surface area contributed by atoms with Crippen molar-refractivity contribution < 1.29 is 19.4 Å². The molecule has 0 aliphatic carbocycles. The number of carboxylic acids is 1. The zero-order chi connectivity index (χ0) is 29.4. The van der Waals surface area contributed by atoms with Crippen molar-refractivity contribution in [2.75, 3.05) is 0 Å². The van der Waals surface area contributed by atoms with Crippen molar-refractivity contribution in [3.63, 3.8) is 0 Å². The lowest BCUT2D eigenvalue weighted by molar-refractivity contribution is -0.150. The molecular formula is C36H66O4. The van der Waals surface area contributed by atoms with Crippen molar-refractivity contribution in [3.8, 4) is 0 Å². The standard InChI is InChI=1S/C36H66O4/c1-3-5-7-9-11-13-14-15-16-17-18-19-20-22-24-26-28-33-36(39)40-34(31-29-32-35(37)38)30-27-25-23-21-12-10-8-6-4-2/h11,13,15-16,34H,3-10,12,14,17-33H2,1-2H3,(H,37,38)/b13-11-,16-15-. The highest BCUT2D eigenvalue weighted by molar-refractivity contribution is 5.69. The maximum absolute atomic E-state index is 12.4.